The Morgan fingerprint density at radius 2 is 1.36 bits per heavy atom. The molecule has 28 heavy (non-hydrogen) atoms. The highest BCUT2D eigenvalue weighted by Gasteiger charge is 2.34. The standard InChI is InChI=1S/C13H9Cl6N5O3S/c1-6-2-4-7(5-3-6)28(26,27)24-11(25)23-10-21-8(12(14,15)16)20-9(22-10)13(17,18)19/h2-5H,1H3,(H2,20,21,22,23,24,25). The minimum Gasteiger partial charge on any atom is -0.275 e. The SMILES string of the molecule is Cc1ccc(S(=O)(=O)NC(=O)Nc2nc(C(Cl)(Cl)Cl)nc(C(Cl)(Cl)Cl)n2)cc1. The molecule has 15 heteroatoms. The first kappa shape index (κ1) is 23.5. The lowest BCUT2D eigenvalue weighted by Gasteiger charge is -2.15. The van der Waals surface area contributed by atoms with Crippen LogP contribution < -0.4 is 10.0 Å². The van der Waals surface area contributed by atoms with Gasteiger partial charge in [0, 0.05) is 0 Å². The van der Waals surface area contributed by atoms with Crippen LogP contribution in [0.5, 0.6) is 0 Å². The second-order valence-corrected chi connectivity index (χ2v) is 11.4. The molecule has 0 radical (unpaired) electrons. The Kier molecular flexibility index (Phi) is 7.13. The third-order valence-electron chi connectivity index (χ3n) is 2.93. The topological polar surface area (TPSA) is 114 Å². The lowest BCUT2D eigenvalue weighted by Crippen LogP contribution is -2.35. The number of hydrogen-bond donors (Lipinski definition) is 2. The van der Waals surface area contributed by atoms with Crippen molar-refractivity contribution in [2.75, 3.05) is 5.32 Å². The number of carbonyl (C=O) groups is 1. The van der Waals surface area contributed by atoms with Gasteiger partial charge < -0.3 is 0 Å². The van der Waals surface area contributed by atoms with E-state index in [2.05, 4.69) is 20.3 Å². The summed E-state index contributed by atoms with van der Waals surface area (Å²) in [5.41, 5.74) is 0.840. The highest BCUT2D eigenvalue weighted by Crippen LogP contribution is 2.40. The fraction of sp³-hybridized carbons (Fsp3) is 0.231. The normalized spacial score (nSPS) is 12.5. The number of nitrogens with zero attached hydrogens (tertiary/aromatic N) is 3. The van der Waals surface area contributed by atoms with Gasteiger partial charge in [0.1, 0.15) is 0 Å². The molecule has 2 N–H and O–H groups in total. The molecule has 0 aliphatic carbocycles. The smallest absolute Gasteiger partial charge is 0.275 e. The average Bonchev–Trinajstić information content (AvgIpc) is 2.52. The van der Waals surface area contributed by atoms with Crippen LogP contribution in [0.4, 0.5) is 10.7 Å². The first-order chi connectivity index (χ1) is 12.7. The number of urea groups is 1. The Morgan fingerprint density at radius 3 is 1.79 bits per heavy atom. The molecule has 0 atom stereocenters. The zero-order valence-corrected chi connectivity index (χ0v) is 18.9. The van der Waals surface area contributed by atoms with Gasteiger partial charge in [0.2, 0.25) is 13.5 Å². The molecule has 0 bridgehead atoms. The van der Waals surface area contributed by atoms with E-state index in [4.69, 9.17) is 69.6 Å². The number of carbonyl (C=O) groups excluding carboxylic acids is 1. The Bertz CT molecular complexity index is 957. The molecule has 0 saturated carbocycles. The van der Waals surface area contributed by atoms with Gasteiger partial charge in [0.25, 0.3) is 10.0 Å². The molecule has 1 aromatic carbocycles. The van der Waals surface area contributed by atoms with E-state index in [1.807, 2.05) is 0 Å². The third-order valence-corrected chi connectivity index (χ3v) is 5.29. The van der Waals surface area contributed by atoms with Crippen LogP contribution in [0.3, 0.4) is 0 Å². The first-order valence-corrected chi connectivity index (χ1v) is 10.7. The van der Waals surface area contributed by atoms with Gasteiger partial charge in [-0.05, 0) is 19.1 Å². The van der Waals surface area contributed by atoms with Crippen molar-refractivity contribution >= 4 is 91.6 Å². The van der Waals surface area contributed by atoms with Crippen LogP contribution in [0.25, 0.3) is 0 Å². The number of aryl methyl sites for hydroxylation is 1. The molecule has 0 aliphatic rings. The minimum absolute atomic E-state index is 0.132. The number of amides is 2. The molecule has 0 fully saturated rings. The van der Waals surface area contributed by atoms with Crippen LogP contribution in [0.1, 0.15) is 17.2 Å². The number of alkyl halides is 6. The van der Waals surface area contributed by atoms with E-state index in [0.29, 0.717) is 0 Å². The highest BCUT2D eigenvalue weighted by atomic mass is 35.6. The van der Waals surface area contributed by atoms with Gasteiger partial charge in [-0.25, -0.2) is 22.9 Å². The van der Waals surface area contributed by atoms with Gasteiger partial charge in [0.05, 0.1) is 4.90 Å². The molecule has 1 heterocycles. The summed E-state index contributed by atoms with van der Waals surface area (Å²) in [5, 5.41) is 2.06. The Morgan fingerprint density at radius 1 is 0.893 bits per heavy atom. The summed E-state index contributed by atoms with van der Waals surface area (Å²) in [6.45, 7) is 1.78. The summed E-state index contributed by atoms with van der Waals surface area (Å²) in [7, 11) is -4.16. The number of sulfonamides is 1. The third kappa shape index (κ3) is 6.35. The monoisotopic (exact) mass is 525 g/mol. The van der Waals surface area contributed by atoms with E-state index in [1.165, 1.54) is 12.1 Å². The minimum atomic E-state index is -4.16. The van der Waals surface area contributed by atoms with Crippen LogP contribution in [0.2, 0.25) is 0 Å². The predicted molar refractivity (Wildman–Crippen MR) is 109 cm³/mol. The van der Waals surface area contributed by atoms with Crippen LogP contribution in [0.15, 0.2) is 29.2 Å². The molecule has 152 valence electrons. The van der Waals surface area contributed by atoms with Crippen molar-refractivity contribution < 1.29 is 13.2 Å². The lowest BCUT2D eigenvalue weighted by molar-refractivity contribution is 0.256. The van der Waals surface area contributed by atoms with Gasteiger partial charge in [-0.2, -0.15) is 9.97 Å². The molecule has 8 nitrogen and oxygen atoms in total. The van der Waals surface area contributed by atoms with E-state index < -0.39 is 41.2 Å². The molecule has 2 rings (SSSR count). The lowest BCUT2D eigenvalue weighted by atomic mass is 10.2. The van der Waals surface area contributed by atoms with Crippen molar-refractivity contribution in [3.8, 4) is 0 Å². The zero-order chi connectivity index (χ0) is 21.3. The van der Waals surface area contributed by atoms with Crippen molar-refractivity contribution in [2.24, 2.45) is 0 Å². The Balaban J connectivity index is 2.29. The van der Waals surface area contributed by atoms with Crippen molar-refractivity contribution in [3.63, 3.8) is 0 Å². The zero-order valence-electron chi connectivity index (χ0n) is 13.6. The van der Waals surface area contributed by atoms with Crippen molar-refractivity contribution in [1.82, 2.24) is 19.7 Å². The van der Waals surface area contributed by atoms with Crippen LogP contribution in [0, 0.1) is 6.92 Å². The fourth-order valence-electron chi connectivity index (χ4n) is 1.71. The Labute approximate surface area is 189 Å². The molecule has 0 aliphatic heterocycles. The molecule has 1 aromatic heterocycles. The summed E-state index contributed by atoms with van der Waals surface area (Å²) >= 11 is 34.3. The predicted octanol–water partition coefficient (Wildman–Crippen LogP) is 4.34. The summed E-state index contributed by atoms with van der Waals surface area (Å²) in [4.78, 5) is 23.1. The number of benzene rings is 1. The van der Waals surface area contributed by atoms with Gasteiger partial charge in [-0.1, -0.05) is 87.3 Å². The molecular weight excluding hydrogens is 519 g/mol. The fourth-order valence-corrected chi connectivity index (χ4v) is 3.13. The molecule has 0 spiro atoms. The quantitative estimate of drug-likeness (QED) is 0.574. The molecular formula is C13H9Cl6N5O3S. The molecule has 2 amide bonds. The summed E-state index contributed by atoms with van der Waals surface area (Å²) in [6.07, 6.45) is 0. The number of hydrogen-bond acceptors (Lipinski definition) is 6. The van der Waals surface area contributed by atoms with E-state index in [1.54, 1.807) is 23.8 Å². The summed E-state index contributed by atoms with van der Waals surface area (Å²) < 4.78 is 22.0. The number of aromatic nitrogens is 3. The number of rotatable bonds is 3. The van der Waals surface area contributed by atoms with Crippen LogP contribution in [-0.4, -0.2) is 29.4 Å². The largest absolute Gasteiger partial charge is 0.335 e. The number of anilines is 1. The van der Waals surface area contributed by atoms with E-state index in [9.17, 15) is 13.2 Å². The summed E-state index contributed by atoms with van der Waals surface area (Å²) in [6, 6.07) is 4.60. The number of halogens is 6. The molecule has 0 unspecified atom stereocenters. The maximum Gasteiger partial charge on any atom is 0.335 e. The van der Waals surface area contributed by atoms with E-state index in [0.717, 1.165) is 5.56 Å². The van der Waals surface area contributed by atoms with E-state index in [-0.39, 0.29) is 4.90 Å². The van der Waals surface area contributed by atoms with E-state index >= 15 is 0 Å². The maximum atomic E-state index is 12.2. The maximum absolute atomic E-state index is 12.2. The van der Waals surface area contributed by atoms with Gasteiger partial charge in [-0.15, -0.1) is 0 Å². The molecule has 0 saturated heterocycles. The highest BCUT2D eigenvalue weighted by molar-refractivity contribution is 7.90. The Hall–Kier alpha value is -0.810. The number of nitrogens with one attached hydrogen (secondary N) is 2. The van der Waals surface area contributed by atoms with Crippen molar-refractivity contribution in [1.29, 1.82) is 0 Å². The van der Waals surface area contributed by atoms with Crippen LogP contribution >= 0.6 is 69.6 Å². The van der Waals surface area contributed by atoms with Crippen molar-refractivity contribution in [2.45, 2.75) is 19.4 Å². The summed E-state index contributed by atoms with van der Waals surface area (Å²) in [5.74, 6) is -1.41. The van der Waals surface area contributed by atoms with Crippen LogP contribution in [-0.2, 0) is 17.6 Å². The molecule has 2 aromatic rings. The van der Waals surface area contributed by atoms with Gasteiger partial charge in [0.15, 0.2) is 11.6 Å². The second-order valence-electron chi connectivity index (χ2n) is 5.17. The van der Waals surface area contributed by atoms with Crippen molar-refractivity contribution in [3.05, 3.63) is 41.5 Å². The second kappa shape index (κ2) is 8.51. The average molecular weight is 528 g/mol. The van der Waals surface area contributed by atoms with Gasteiger partial charge >= 0.3 is 6.03 Å². The van der Waals surface area contributed by atoms with Gasteiger partial charge in [-0.3, -0.25) is 5.32 Å². The first-order valence-electron chi connectivity index (χ1n) is 6.99.